The Kier molecular flexibility index (Phi) is 4.82. The van der Waals surface area contributed by atoms with Crippen LogP contribution in [-0.4, -0.2) is 7.11 Å². The lowest BCUT2D eigenvalue weighted by molar-refractivity contribution is 0.384. The lowest BCUT2D eigenvalue weighted by Crippen LogP contribution is -2.03. The van der Waals surface area contributed by atoms with Crippen LogP contribution in [0.25, 0.3) is 0 Å². The van der Waals surface area contributed by atoms with E-state index in [-0.39, 0.29) is 11.6 Å². The van der Waals surface area contributed by atoms with Gasteiger partial charge in [-0.1, -0.05) is 28.1 Å². The second-order valence-corrected chi connectivity index (χ2v) is 5.68. The van der Waals surface area contributed by atoms with Gasteiger partial charge in [-0.25, -0.2) is 4.39 Å². The van der Waals surface area contributed by atoms with Gasteiger partial charge in [0.25, 0.3) is 0 Å². The van der Waals surface area contributed by atoms with E-state index in [2.05, 4.69) is 37.2 Å². The molecule has 1 N–H and O–H groups in total. The molecular formula is C14H12Br2FNO. The molecule has 0 saturated carbocycles. The van der Waals surface area contributed by atoms with Crippen LogP contribution in [0.2, 0.25) is 0 Å². The maximum Gasteiger partial charge on any atom is 0.170 e. The molecule has 0 aliphatic heterocycles. The molecule has 0 spiro atoms. The fourth-order valence-electron chi connectivity index (χ4n) is 1.67. The maximum absolute atomic E-state index is 14.0. The summed E-state index contributed by atoms with van der Waals surface area (Å²) in [7, 11) is 1.46. The number of anilines is 1. The van der Waals surface area contributed by atoms with Crippen LogP contribution in [0.4, 0.5) is 10.1 Å². The summed E-state index contributed by atoms with van der Waals surface area (Å²) in [4.78, 5) is 0. The summed E-state index contributed by atoms with van der Waals surface area (Å²) in [6, 6.07) is 10.9. The third-order valence-corrected chi connectivity index (χ3v) is 3.81. The minimum absolute atomic E-state index is 0.258. The number of methoxy groups -OCH3 is 1. The monoisotopic (exact) mass is 387 g/mol. The van der Waals surface area contributed by atoms with Gasteiger partial charge in [0.2, 0.25) is 0 Å². The summed E-state index contributed by atoms with van der Waals surface area (Å²) >= 11 is 6.84. The summed E-state index contributed by atoms with van der Waals surface area (Å²) < 4.78 is 20.8. The zero-order chi connectivity index (χ0) is 13.8. The van der Waals surface area contributed by atoms with E-state index in [1.54, 1.807) is 18.2 Å². The average molecular weight is 389 g/mol. The van der Waals surface area contributed by atoms with Crippen LogP contribution < -0.4 is 10.1 Å². The Morgan fingerprint density at radius 2 is 2.00 bits per heavy atom. The van der Waals surface area contributed by atoms with Crippen molar-refractivity contribution in [1.82, 2.24) is 0 Å². The zero-order valence-corrected chi connectivity index (χ0v) is 13.4. The highest BCUT2D eigenvalue weighted by atomic mass is 79.9. The predicted molar refractivity (Wildman–Crippen MR) is 82.1 cm³/mol. The molecule has 2 rings (SSSR count). The van der Waals surface area contributed by atoms with Gasteiger partial charge in [0.15, 0.2) is 11.6 Å². The summed E-state index contributed by atoms with van der Waals surface area (Å²) in [5, 5.41) is 3.19. The first-order valence-corrected chi connectivity index (χ1v) is 7.20. The van der Waals surface area contributed by atoms with Gasteiger partial charge in [-0.05, 0) is 40.2 Å². The van der Waals surface area contributed by atoms with Crippen molar-refractivity contribution in [3.8, 4) is 5.75 Å². The first kappa shape index (κ1) is 14.3. The standard InChI is InChI=1S/C14H12Br2FNO/c1-19-13-4-2-3-9(14(13)17)8-18-12-6-5-10(15)7-11(12)16/h2-7,18H,8H2,1H3. The van der Waals surface area contributed by atoms with Crippen LogP contribution in [0.15, 0.2) is 45.3 Å². The van der Waals surface area contributed by atoms with Crippen molar-refractivity contribution < 1.29 is 9.13 Å². The first-order valence-electron chi connectivity index (χ1n) is 5.62. The van der Waals surface area contributed by atoms with Crippen molar-refractivity contribution in [3.63, 3.8) is 0 Å². The van der Waals surface area contributed by atoms with Gasteiger partial charge in [-0.15, -0.1) is 0 Å². The molecule has 0 radical (unpaired) electrons. The lowest BCUT2D eigenvalue weighted by atomic mass is 10.2. The van der Waals surface area contributed by atoms with E-state index in [1.165, 1.54) is 7.11 Å². The Balaban J connectivity index is 2.14. The molecule has 0 atom stereocenters. The van der Waals surface area contributed by atoms with Gasteiger partial charge < -0.3 is 10.1 Å². The van der Waals surface area contributed by atoms with Crippen molar-refractivity contribution >= 4 is 37.5 Å². The summed E-state index contributed by atoms with van der Waals surface area (Å²) in [6.07, 6.45) is 0. The van der Waals surface area contributed by atoms with Crippen LogP contribution >= 0.6 is 31.9 Å². The van der Waals surface area contributed by atoms with E-state index in [9.17, 15) is 4.39 Å². The van der Waals surface area contributed by atoms with E-state index >= 15 is 0 Å². The predicted octanol–water partition coefficient (Wildman–Crippen LogP) is 4.97. The highest BCUT2D eigenvalue weighted by Gasteiger charge is 2.08. The third kappa shape index (κ3) is 3.48. The van der Waals surface area contributed by atoms with Crippen molar-refractivity contribution in [3.05, 3.63) is 56.7 Å². The number of benzene rings is 2. The molecule has 0 saturated heterocycles. The maximum atomic E-state index is 14.0. The van der Waals surface area contributed by atoms with Crippen LogP contribution in [0, 0.1) is 5.82 Å². The topological polar surface area (TPSA) is 21.3 Å². The first-order chi connectivity index (χ1) is 9.11. The molecule has 5 heteroatoms. The van der Waals surface area contributed by atoms with E-state index in [4.69, 9.17) is 4.74 Å². The lowest BCUT2D eigenvalue weighted by Gasteiger charge is -2.11. The van der Waals surface area contributed by atoms with Crippen molar-refractivity contribution in [2.75, 3.05) is 12.4 Å². The van der Waals surface area contributed by atoms with Crippen LogP contribution in [0.1, 0.15) is 5.56 Å². The fraction of sp³-hybridized carbons (Fsp3) is 0.143. The molecule has 2 aromatic carbocycles. The minimum Gasteiger partial charge on any atom is -0.494 e. The molecule has 100 valence electrons. The number of hydrogen-bond acceptors (Lipinski definition) is 2. The minimum atomic E-state index is -0.328. The Morgan fingerprint density at radius 3 is 2.68 bits per heavy atom. The smallest absolute Gasteiger partial charge is 0.170 e. The van der Waals surface area contributed by atoms with E-state index < -0.39 is 0 Å². The summed E-state index contributed by atoms with van der Waals surface area (Å²) in [5.41, 5.74) is 1.47. The average Bonchev–Trinajstić information content (AvgIpc) is 2.39. The van der Waals surface area contributed by atoms with Crippen molar-refractivity contribution in [2.24, 2.45) is 0 Å². The van der Waals surface area contributed by atoms with Gasteiger partial charge in [0, 0.05) is 26.7 Å². The molecule has 0 aromatic heterocycles. The molecule has 2 aromatic rings. The number of rotatable bonds is 4. The number of hydrogen-bond donors (Lipinski definition) is 1. The quantitative estimate of drug-likeness (QED) is 0.798. The molecule has 0 heterocycles. The second-order valence-electron chi connectivity index (χ2n) is 3.91. The molecular weight excluding hydrogens is 377 g/mol. The number of ether oxygens (including phenoxy) is 1. The van der Waals surface area contributed by atoms with Gasteiger partial charge >= 0.3 is 0 Å². The Bertz CT molecular complexity index is 590. The molecule has 0 fully saturated rings. The van der Waals surface area contributed by atoms with Crippen molar-refractivity contribution in [1.29, 1.82) is 0 Å². The molecule has 2 nitrogen and oxygen atoms in total. The van der Waals surface area contributed by atoms with Crippen LogP contribution in [0.5, 0.6) is 5.75 Å². The highest BCUT2D eigenvalue weighted by molar-refractivity contribution is 9.11. The number of nitrogens with one attached hydrogen (secondary N) is 1. The van der Waals surface area contributed by atoms with E-state index in [0.717, 1.165) is 14.6 Å². The Labute approximate surface area is 128 Å². The highest BCUT2D eigenvalue weighted by Crippen LogP contribution is 2.27. The molecule has 0 bridgehead atoms. The van der Waals surface area contributed by atoms with E-state index in [0.29, 0.717) is 12.1 Å². The number of halogens is 3. The van der Waals surface area contributed by atoms with Gasteiger partial charge in [-0.3, -0.25) is 0 Å². The normalized spacial score (nSPS) is 10.3. The Morgan fingerprint density at radius 1 is 1.21 bits per heavy atom. The summed E-state index contributed by atoms with van der Waals surface area (Å²) in [6.45, 7) is 0.392. The molecule has 0 aliphatic carbocycles. The van der Waals surface area contributed by atoms with Crippen molar-refractivity contribution in [2.45, 2.75) is 6.54 Å². The summed E-state index contributed by atoms with van der Waals surface area (Å²) in [5.74, 6) is -0.0695. The molecule has 0 unspecified atom stereocenters. The van der Waals surface area contributed by atoms with E-state index in [1.807, 2.05) is 18.2 Å². The second kappa shape index (κ2) is 6.39. The third-order valence-electron chi connectivity index (χ3n) is 2.66. The zero-order valence-electron chi connectivity index (χ0n) is 10.2. The largest absolute Gasteiger partial charge is 0.494 e. The Hall–Kier alpha value is -1.07. The van der Waals surface area contributed by atoms with Crippen LogP contribution in [0.3, 0.4) is 0 Å². The van der Waals surface area contributed by atoms with Crippen LogP contribution in [-0.2, 0) is 6.54 Å². The molecule has 0 aliphatic rings. The molecule has 19 heavy (non-hydrogen) atoms. The fourth-order valence-corrected chi connectivity index (χ4v) is 2.86. The molecule has 0 amide bonds. The SMILES string of the molecule is COc1cccc(CNc2ccc(Br)cc2Br)c1F. The van der Waals surface area contributed by atoms with Gasteiger partial charge in [-0.2, -0.15) is 0 Å². The van der Waals surface area contributed by atoms with Gasteiger partial charge in [0.05, 0.1) is 7.11 Å². The van der Waals surface area contributed by atoms with Gasteiger partial charge in [0.1, 0.15) is 0 Å².